The number of unbranched alkanes of at least 4 members (excludes halogenated alkanes) is 1. The van der Waals surface area contributed by atoms with E-state index in [0.717, 1.165) is 30.6 Å². The van der Waals surface area contributed by atoms with Crippen LogP contribution in [0.1, 0.15) is 50.7 Å². The Labute approximate surface area is 149 Å². The Bertz CT molecular complexity index is 658. The highest BCUT2D eigenvalue weighted by Crippen LogP contribution is 2.31. The summed E-state index contributed by atoms with van der Waals surface area (Å²) in [5.41, 5.74) is 2.29. The number of ether oxygens (including phenoxy) is 1. The van der Waals surface area contributed by atoms with Crippen molar-refractivity contribution < 1.29 is 14.3 Å². The lowest BCUT2D eigenvalue weighted by Gasteiger charge is -2.31. The van der Waals surface area contributed by atoms with E-state index >= 15 is 0 Å². The number of aryl methyl sites for hydroxylation is 1. The smallest absolute Gasteiger partial charge is 0.234 e. The van der Waals surface area contributed by atoms with Gasteiger partial charge < -0.3 is 4.74 Å². The first-order valence-corrected chi connectivity index (χ1v) is 9.28. The van der Waals surface area contributed by atoms with Crippen LogP contribution in [0.2, 0.25) is 0 Å². The van der Waals surface area contributed by atoms with Crippen molar-refractivity contribution in [3.05, 3.63) is 29.3 Å². The van der Waals surface area contributed by atoms with E-state index < -0.39 is 0 Å². The van der Waals surface area contributed by atoms with Gasteiger partial charge in [-0.1, -0.05) is 44.4 Å². The molecule has 2 atom stereocenters. The van der Waals surface area contributed by atoms with Crippen molar-refractivity contribution in [2.45, 2.75) is 53.0 Å². The zero-order valence-corrected chi connectivity index (χ0v) is 15.5. The average Bonchev–Trinajstić information content (AvgIpc) is 2.87. The fourth-order valence-electron chi connectivity index (χ4n) is 3.74. The zero-order chi connectivity index (χ0) is 18.0. The van der Waals surface area contributed by atoms with Crippen LogP contribution in [-0.4, -0.2) is 35.0 Å². The van der Waals surface area contributed by atoms with Crippen LogP contribution >= 0.6 is 0 Å². The maximum Gasteiger partial charge on any atom is 0.234 e. The van der Waals surface area contributed by atoms with Gasteiger partial charge in [0.1, 0.15) is 12.5 Å². The quantitative estimate of drug-likeness (QED) is 0.743. The summed E-state index contributed by atoms with van der Waals surface area (Å²) in [6, 6.07) is 6.12. The van der Waals surface area contributed by atoms with Crippen LogP contribution < -0.4 is 4.74 Å². The highest BCUT2D eigenvalue weighted by atomic mass is 16.5. The third-order valence-corrected chi connectivity index (χ3v) is 5.33. The summed E-state index contributed by atoms with van der Waals surface area (Å²) in [4.78, 5) is 28.6. The summed E-state index contributed by atoms with van der Waals surface area (Å²) in [5.74, 6) is 0.950. The predicted molar refractivity (Wildman–Crippen MR) is 95.7 cm³/mol. The van der Waals surface area contributed by atoms with Crippen molar-refractivity contribution in [2.24, 2.45) is 11.8 Å². The maximum absolute atomic E-state index is 12.7. The fraction of sp³-hybridized carbons (Fsp3) is 0.600. The van der Waals surface area contributed by atoms with Crippen molar-refractivity contribution in [2.75, 3.05) is 13.4 Å². The molecule has 136 valence electrons. The third kappa shape index (κ3) is 3.87. The molecule has 2 aliphatic heterocycles. The standard InChI is InChI=1S/C20H28N2O3/c1-4-5-6-15(3)17-10-19(23)22(20(17)24)12-21-11-16-9-14(2)7-8-18(16)25-13-21/h7-9,15,17H,4-6,10-13H2,1-3H3. The number of carbonyl (C=O) groups excluding carboxylic acids is 2. The maximum atomic E-state index is 12.7. The molecular weight excluding hydrogens is 316 g/mol. The van der Waals surface area contributed by atoms with Crippen LogP contribution in [0.5, 0.6) is 5.75 Å². The van der Waals surface area contributed by atoms with Gasteiger partial charge in [0.15, 0.2) is 0 Å². The van der Waals surface area contributed by atoms with Gasteiger partial charge in [0.2, 0.25) is 11.8 Å². The van der Waals surface area contributed by atoms with E-state index in [1.807, 2.05) is 17.0 Å². The second kappa shape index (κ2) is 7.56. The highest BCUT2D eigenvalue weighted by molar-refractivity contribution is 6.03. The number of hydrogen-bond acceptors (Lipinski definition) is 4. The Morgan fingerprint density at radius 1 is 1.32 bits per heavy atom. The minimum atomic E-state index is -0.153. The molecule has 1 saturated heterocycles. The van der Waals surface area contributed by atoms with Crippen LogP contribution in [0.3, 0.4) is 0 Å². The van der Waals surface area contributed by atoms with Gasteiger partial charge in [-0.15, -0.1) is 0 Å². The van der Waals surface area contributed by atoms with E-state index in [9.17, 15) is 9.59 Å². The minimum absolute atomic E-state index is 0.0105. The first-order valence-electron chi connectivity index (χ1n) is 9.28. The van der Waals surface area contributed by atoms with Gasteiger partial charge in [0.05, 0.1) is 6.67 Å². The molecule has 0 bridgehead atoms. The molecular formula is C20H28N2O3. The van der Waals surface area contributed by atoms with Crippen molar-refractivity contribution >= 4 is 11.8 Å². The summed E-state index contributed by atoms with van der Waals surface area (Å²) in [5, 5.41) is 0. The van der Waals surface area contributed by atoms with E-state index in [1.165, 1.54) is 10.5 Å². The summed E-state index contributed by atoms with van der Waals surface area (Å²) >= 11 is 0. The van der Waals surface area contributed by atoms with E-state index in [4.69, 9.17) is 4.74 Å². The summed E-state index contributed by atoms with van der Waals surface area (Å²) < 4.78 is 5.78. The number of benzene rings is 1. The molecule has 3 rings (SSSR count). The summed E-state index contributed by atoms with van der Waals surface area (Å²) in [7, 11) is 0. The second-order valence-corrected chi connectivity index (χ2v) is 7.45. The van der Waals surface area contributed by atoms with Crippen LogP contribution in [-0.2, 0) is 16.1 Å². The Morgan fingerprint density at radius 3 is 2.88 bits per heavy atom. The Kier molecular flexibility index (Phi) is 5.42. The van der Waals surface area contributed by atoms with Gasteiger partial charge in [0.25, 0.3) is 0 Å². The lowest BCUT2D eigenvalue weighted by molar-refractivity contribution is -0.143. The fourth-order valence-corrected chi connectivity index (χ4v) is 3.74. The second-order valence-electron chi connectivity index (χ2n) is 7.45. The molecule has 1 aromatic rings. The molecule has 5 nitrogen and oxygen atoms in total. The topological polar surface area (TPSA) is 49.9 Å². The SMILES string of the molecule is CCCCC(C)C1CC(=O)N(CN2COc3ccc(C)cc3C2)C1=O. The van der Waals surface area contributed by atoms with Crippen LogP contribution in [0, 0.1) is 18.8 Å². The van der Waals surface area contributed by atoms with Crippen molar-refractivity contribution in [1.29, 1.82) is 0 Å². The molecule has 0 aromatic heterocycles. The van der Waals surface area contributed by atoms with Gasteiger partial charge in [-0.25, -0.2) is 4.90 Å². The normalized spacial score (nSPS) is 22.0. The van der Waals surface area contributed by atoms with Crippen molar-refractivity contribution in [1.82, 2.24) is 9.80 Å². The van der Waals surface area contributed by atoms with E-state index in [1.54, 1.807) is 0 Å². The number of carbonyl (C=O) groups is 2. The van der Waals surface area contributed by atoms with Gasteiger partial charge in [-0.3, -0.25) is 14.5 Å². The lowest BCUT2D eigenvalue weighted by atomic mass is 9.88. The number of fused-ring (bicyclic) bond motifs is 1. The molecule has 0 spiro atoms. The summed E-state index contributed by atoms with van der Waals surface area (Å²) in [6.07, 6.45) is 3.59. The number of hydrogen-bond donors (Lipinski definition) is 0. The first kappa shape index (κ1) is 17.9. The molecule has 2 aliphatic rings. The van der Waals surface area contributed by atoms with E-state index in [2.05, 4.69) is 26.8 Å². The largest absolute Gasteiger partial charge is 0.478 e. The Balaban J connectivity index is 1.63. The molecule has 0 aliphatic carbocycles. The number of amides is 2. The molecule has 2 heterocycles. The van der Waals surface area contributed by atoms with Crippen LogP contribution in [0.15, 0.2) is 18.2 Å². The van der Waals surface area contributed by atoms with Crippen LogP contribution in [0.25, 0.3) is 0 Å². The van der Waals surface area contributed by atoms with Crippen molar-refractivity contribution in [3.63, 3.8) is 0 Å². The molecule has 2 amide bonds. The predicted octanol–water partition coefficient (Wildman–Crippen LogP) is 3.31. The van der Waals surface area contributed by atoms with Gasteiger partial charge in [-0.2, -0.15) is 0 Å². The number of nitrogens with zero attached hydrogens (tertiary/aromatic N) is 2. The zero-order valence-electron chi connectivity index (χ0n) is 15.5. The molecule has 25 heavy (non-hydrogen) atoms. The third-order valence-electron chi connectivity index (χ3n) is 5.33. The van der Waals surface area contributed by atoms with E-state index in [-0.39, 0.29) is 23.7 Å². The molecule has 2 unspecified atom stereocenters. The molecule has 0 N–H and O–H groups in total. The van der Waals surface area contributed by atoms with E-state index in [0.29, 0.717) is 26.4 Å². The molecule has 5 heteroatoms. The summed E-state index contributed by atoms with van der Waals surface area (Å²) in [6.45, 7) is 7.72. The lowest BCUT2D eigenvalue weighted by Crippen LogP contribution is -2.44. The highest BCUT2D eigenvalue weighted by Gasteiger charge is 2.41. The monoisotopic (exact) mass is 344 g/mol. The van der Waals surface area contributed by atoms with Gasteiger partial charge in [0, 0.05) is 24.4 Å². The van der Waals surface area contributed by atoms with Gasteiger partial charge in [-0.05, 0) is 25.3 Å². The Morgan fingerprint density at radius 2 is 2.12 bits per heavy atom. The first-order chi connectivity index (χ1) is 12.0. The molecule has 0 saturated carbocycles. The van der Waals surface area contributed by atoms with Gasteiger partial charge >= 0.3 is 0 Å². The number of rotatable bonds is 6. The molecule has 1 aromatic carbocycles. The number of likely N-dealkylation sites (tertiary alicyclic amines) is 1. The van der Waals surface area contributed by atoms with Crippen molar-refractivity contribution in [3.8, 4) is 5.75 Å². The average molecular weight is 344 g/mol. The molecule has 0 radical (unpaired) electrons. The van der Waals surface area contributed by atoms with Crippen LogP contribution in [0.4, 0.5) is 0 Å². The Hall–Kier alpha value is -1.88. The molecule has 1 fully saturated rings. The minimum Gasteiger partial charge on any atom is -0.478 e. The number of imide groups is 1.